The molecule has 2 rings (SSSR count). The van der Waals surface area contributed by atoms with E-state index in [0.29, 0.717) is 0 Å². The van der Waals surface area contributed by atoms with E-state index in [4.69, 9.17) is 0 Å². The third kappa shape index (κ3) is 3.70. The number of pyridine rings is 1. The van der Waals surface area contributed by atoms with E-state index in [-0.39, 0.29) is 11.9 Å². The molecule has 1 unspecified atom stereocenters. The van der Waals surface area contributed by atoms with Crippen LogP contribution in [0.1, 0.15) is 12.5 Å². The van der Waals surface area contributed by atoms with Crippen molar-refractivity contribution in [3.8, 4) is 0 Å². The molecule has 0 amide bonds. The van der Waals surface area contributed by atoms with E-state index in [1.165, 1.54) is 6.07 Å². The van der Waals surface area contributed by atoms with E-state index in [9.17, 15) is 4.39 Å². The van der Waals surface area contributed by atoms with Crippen molar-refractivity contribution >= 4 is 11.5 Å². The van der Waals surface area contributed by atoms with Gasteiger partial charge in [-0.2, -0.15) is 0 Å². The monoisotopic (exact) mass is 273 g/mol. The van der Waals surface area contributed by atoms with Gasteiger partial charge in [-0.25, -0.2) is 9.37 Å². The van der Waals surface area contributed by atoms with E-state index >= 15 is 0 Å². The molecule has 0 fully saturated rings. The van der Waals surface area contributed by atoms with Gasteiger partial charge in [-0.1, -0.05) is 12.1 Å². The van der Waals surface area contributed by atoms with Crippen LogP contribution < -0.4 is 10.2 Å². The molecule has 0 saturated heterocycles. The summed E-state index contributed by atoms with van der Waals surface area (Å²) < 4.78 is 13.2. The van der Waals surface area contributed by atoms with Gasteiger partial charge in [0, 0.05) is 26.3 Å². The van der Waals surface area contributed by atoms with Crippen molar-refractivity contribution in [2.24, 2.45) is 0 Å². The third-order valence-corrected chi connectivity index (χ3v) is 3.04. The Bertz CT molecular complexity index is 569. The molecular weight excluding hydrogens is 253 g/mol. The Morgan fingerprint density at radius 2 is 2.05 bits per heavy atom. The Labute approximate surface area is 119 Å². The Morgan fingerprint density at radius 3 is 2.75 bits per heavy atom. The molecule has 0 bridgehead atoms. The maximum Gasteiger partial charge on any atom is 0.151 e. The summed E-state index contributed by atoms with van der Waals surface area (Å²) in [5.41, 5.74) is 1.97. The molecule has 0 aliphatic carbocycles. The first-order chi connectivity index (χ1) is 9.56. The first-order valence-electron chi connectivity index (χ1n) is 6.69. The van der Waals surface area contributed by atoms with Crippen LogP contribution in [0.3, 0.4) is 0 Å². The Morgan fingerprint density at radius 1 is 1.25 bits per heavy atom. The zero-order chi connectivity index (χ0) is 14.5. The van der Waals surface area contributed by atoms with E-state index in [1.807, 2.05) is 37.2 Å². The second-order valence-corrected chi connectivity index (χ2v) is 5.15. The van der Waals surface area contributed by atoms with Gasteiger partial charge >= 0.3 is 0 Å². The SMILES string of the molecule is CC(Cc1cccc(F)c1)Nc1cccnc1N(C)C. The smallest absolute Gasteiger partial charge is 0.151 e. The topological polar surface area (TPSA) is 28.2 Å². The van der Waals surface area contributed by atoms with Gasteiger partial charge in [-0.3, -0.25) is 0 Å². The molecule has 4 heteroatoms. The summed E-state index contributed by atoms with van der Waals surface area (Å²) in [6, 6.07) is 10.8. The van der Waals surface area contributed by atoms with Crippen LogP contribution in [0.4, 0.5) is 15.9 Å². The van der Waals surface area contributed by atoms with Gasteiger partial charge in [0.2, 0.25) is 0 Å². The molecule has 0 aliphatic heterocycles. The number of rotatable bonds is 5. The van der Waals surface area contributed by atoms with Gasteiger partial charge in [0.1, 0.15) is 5.82 Å². The van der Waals surface area contributed by atoms with Crippen molar-refractivity contribution in [3.05, 3.63) is 54.0 Å². The molecule has 1 N–H and O–H groups in total. The van der Waals surface area contributed by atoms with Crippen molar-refractivity contribution in [1.29, 1.82) is 0 Å². The highest BCUT2D eigenvalue weighted by atomic mass is 19.1. The Balaban J connectivity index is 2.06. The molecule has 1 atom stereocenters. The lowest BCUT2D eigenvalue weighted by Gasteiger charge is -2.20. The lowest BCUT2D eigenvalue weighted by Crippen LogP contribution is -2.21. The predicted molar refractivity (Wildman–Crippen MR) is 81.8 cm³/mol. The molecule has 1 heterocycles. The summed E-state index contributed by atoms with van der Waals surface area (Å²) in [6.45, 7) is 2.08. The van der Waals surface area contributed by atoms with Crippen molar-refractivity contribution in [2.45, 2.75) is 19.4 Å². The number of hydrogen-bond donors (Lipinski definition) is 1. The van der Waals surface area contributed by atoms with E-state index in [2.05, 4.69) is 17.2 Å². The van der Waals surface area contributed by atoms with E-state index in [1.54, 1.807) is 18.3 Å². The number of benzene rings is 1. The minimum atomic E-state index is -0.190. The molecule has 0 radical (unpaired) electrons. The fourth-order valence-corrected chi connectivity index (χ4v) is 2.20. The van der Waals surface area contributed by atoms with Crippen LogP contribution in [-0.2, 0) is 6.42 Å². The van der Waals surface area contributed by atoms with Gasteiger partial charge < -0.3 is 10.2 Å². The fourth-order valence-electron chi connectivity index (χ4n) is 2.20. The summed E-state index contributed by atoms with van der Waals surface area (Å²) in [5, 5.41) is 3.43. The second kappa shape index (κ2) is 6.37. The van der Waals surface area contributed by atoms with Crippen molar-refractivity contribution < 1.29 is 4.39 Å². The van der Waals surface area contributed by atoms with Gasteiger partial charge in [-0.15, -0.1) is 0 Å². The van der Waals surface area contributed by atoms with Crippen LogP contribution in [0.25, 0.3) is 0 Å². The lowest BCUT2D eigenvalue weighted by molar-refractivity contribution is 0.624. The number of aromatic nitrogens is 1. The average molecular weight is 273 g/mol. The highest BCUT2D eigenvalue weighted by molar-refractivity contribution is 5.65. The zero-order valence-electron chi connectivity index (χ0n) is 12.1. The van der Waals surface area contributed by atoms with E-state index in [0.717, 1.165) is 23.5 Å². The van der Waals surface area contributed by atoms with Crippen LogP contribution in [-0.4, -0.2) is 25.1 Å². The third-order valence-electron chi connectivity index (χ3n) is 3.04. The van der Waals surface area contributed by atoms with Gasteiger partial charge in [0.05, 0.1) is 5.69 Å². The molecule has 1 aromatic heterocycles. The second-order valence-electron chi connectivity index (χ2n) is 5.15. The summed E-state index contributed by atoms with van der Waals surface area (Å²) in [4.78, 5) is 6.33. The predicted octanol–water partition coefficient (Wildman–Crippen LogP) is 3.33. The van der Waals surface area contributed by atoms with Crippen LogP contribution >= 0.6 is 0 Å². The number of halogens is 1. The Kier molecular flexibility index (Phi) is 4.56. The van der Waals surface area contributed by atoms with Gasteiger partial charge in [-0.05, 0) is 43.2 Å². The molecule has 3 nitrogen and oxygen atoms in total. The highest BCUT2D eigenvalue weighted by Gasteiger charge is 2.09. The summed E-state index contributed by atoms with van der Waals surface area (Å²) in [5.74, 6) is 0.712. The Hall–Kier alpha value is -2.10. The molecule has 2 aromatic rings. The molecule has 0 saturated carbocycles. The number of nitrogens with zero attached hydrogens (tertiary/aromatic N) is 2. The van der Waals surface area contributed by atoms with Gasteiger partial charge in [0.25, 0.3) is 0 Å². The minimum absolute atomic E-state index is 0.190. The first kappa shape index (κ1) is 14.3. The molecule has 106 valence electrons. The number of nitrogens with one attached hydrogen (secondary N) is 1. The summed E-state index contributed by atoms with van der Waals surface area (Å²) in [6.07, 6.45) is 2.54. The average Bonchev–Trinajstić information content (AvgIpc) is 2.38. The van der Waals surface area contributed by atoms with Crippen LogP contribution in [0.5, 0.6) is 0 Å². The fraction of sp³-hybridized carbons (Fsp3) is 0.312. The largest absolute Gasteiger partial charge is 0.379 e. The summed E-state index contributed by atoms with van der Waals surface area (Å²) >= 11 is 0. The van der Waals surface area contributed by atoms with Crippen LogP contribution in [0, 0.1) is 5.82 Å². The van der Waals surface area contributed by atoms with Crippen molar-refractivity contribution in [3.63, 3.8) is 0 Å². The number of hydrogen-bond acceptors (Lipinski definition) is 3. The van der Waals surface area contributed by atoms with E-state index < -0.39 is 0 Å². The van der Waals surface area contributed by atoms with Crippen LogP contribution in [0.2, 0.25) is 0 Å². The zero-order valence-corrected chi connectivity index (χ0v) is 12.1. The molecule has 20 heavy (non-hydrogen) atoms. The minimum Gasteiger partial charge on any atom is -0.379 e. The highest BCUT2D eigenvalue weighted by Crippen LogP contribution is 2.22. The standard InChI is InChI=1S/C16H20FN3/c1-12(10-13-6-4-7-14(17)11-13)19-15-8-5-9-18-16(15)20(2)3/h4-9,11-12,19H,10H2,1-3H3. The van der Waals surface area contributed by atoms with Crippen molar-refractivity contribution in [1.82, 2.24) is 4.98 Å². The van der Waals surface area contributed by atoms with Crippen molar-refractivity contribution in [2.75, 3.05) is 24.3 Å². The molecule has 0 aliphatic rings. The lowest BCUT2D eigenvalue weighted by atomic mass is 10.1. The maximum absolute atomic E-state index is 13.2. The maximum atomic E-state index is 13.2. The first-order valence-corrected chi connectivity index (χ1v) is 6.69. The molecule has 1 aromatic carbocycles. The molecule has 0 spiro atoms. The molecular formula is C16H20FN3. The van der Waals surface area contributed by atoms with Gasteiger partial charge in [0.15, 0.2) is 5.82 Å². The number of anilines is 2. The quantitative estimate of drug-likeness (QED) is 0.905. The summed E-state index contributed by atoms with van der Waals surface area (Å²) in [7, 11) is 3.93. The van der Waals surface area contributed by atoms with Crippen LogP contribution in [0.15, 0.2) is 42.6 Å². The normalized spacial score (nSPS) is 12.0.